The van der Waals surface area contributed by atoms with E-state index in [0.29, 0.717) is 38.6 Å². The molecule has 0 spiro atoms. The van der Waals surface area contributed by atoms with Gasteiger partial charge in [-0.1, -0.05) is 13.8 Å². The van der Waals surface area contributed by atoms with Crippen molar-refractivity contribution >= 4 is 5.91 Å². The lowest BCUT2D eigenvalue weighted by Crippen LogP contribution is -2.43. The molecule has 0 bridgehead atoms. The van der Waals surface area contributed by atoms with Crippen LogP contribution in [0.25, 0.3) is 0 Å². The molecule has 7 nitrogen and oxygen atoms in total. The molecule has 1 atom stereocenters. The number of amides is 1. The molecular formula is C16H23N5O2. The molecule has 0 aromatic carbocycles. The smallest absolute Gasteiger partial charge is 0.225 e. The van der Waals surface area contributed by atoms with Crippen molar-refractivity contribution in [3.05, 3.63) is 36.2 Å². The number of carbonyl (C=O) groups is 1. The van der Waals surface area contributed by atoms with E-state index in [4.69, 9.17) is 4.74 Å². The van der Waals surface area contributed by atoms with Crippen LogP contribution in [-0.4, -0.2) is 50.3 Å². The van der Waals surface area contributed by atoms with Crippen LogP contribution >= 0.6 is 0 Å². The number of carbonyl (C=O) groups excluding carboxylic acids is 1. The largest absolute Gasteiger partial charge is 0.377 e. The summed E-state index contributed by atoms with van der Waals surface area (Å²) >= 11 is 0. The molecule has 2 aromatic heterocycles. The standard InChI is InChI=1S/C16H23N5O2/c1-12(2)16-17-6-8-20(16)7-4-15(22)21-9-10-23-11-14(21)13-3-5-18-19-13/h3,5-6,8,12,14H,4,7,9-11H2,1-2H3,(H,18,19)/t14-/m0/s1. The number of morpholine rings is 1. The Kier molecular flexibility index (Phi) is 4.76. The van der Waals surface area contributed by atoms with Crippen LogP contribution in [0.3, 0.4) is 0 Å². The minimum Gasteiger partial charge on any atom is -0.377 e. The molecule has 1 N–H and O–H groups in total. The molecule has 124 valence electrons. The number of nitrogens with one attached hydrogen (secondary N) is 1. The molecule has 0 aliphatic carbocycles. The second-order valence-corrected chi connectivity index (χ2v) is 6.07. The first-order valence-electron chi connectivity index (χ1n) is 8.04. The van der Waals surface area contributed by atoms with Gasteiger partial charge in [0.05, 0.1) is 24.9 Å². The Balaban J connectivity index is 1.65. The fourth-order valence-corrected chi connectivity index (χ4v) is 2.98. The van der Waals surface area contributed by atoms with Crippen molar-refractivity contribution in [1.29, 1.82) is 0 Å². The van der Waals surface area contributed by atoms with Gasteiger partial charge in [0.15, 0.2) is 0 Å². The van der Waals surface area contributed by atoms with Crippen LogP contribution in [0.15, 0.2) is 24.7 Å². The molecule has 7 heteroatoms. The first-order valence-corrected chi connectivity index (χ1v) is 8.04. The Morgan fingerprint density at radius 2 is 2.35 bits per heavy atom. The van der Waals surface area contributed by atoms with Gasteiger partial charge in [0.25, 0.3) is 0 Å². The molecule has 23 heavy (non-hydrogen) atoms. The number of aromatic amines is 1. The van der Waals surface area contributed by atoms with Crippen LogP contribution in [0.2, 0.25) is 0 Å². The van der Waals surface area contributed by atoms with Crippen LogP contribution in [0, 0.1) is 0 Å². The van der Waals surface area contributed by atoms with Gasteiger partial charge in [-0.2, -0.15) is 5.10 Å². The average molecular weight is 317 g/mol. The van der Waals surface area contributed by atoms with Crippen LogP contribution in [-0.2, 0) is 16.1 Å². The quantitative estimate of drug-likeness (QED) is 0.911. The molecule has 0 saturated carbocycles. The number of ether oxygens (including phenoxy) is 1. The number of imidazole rings is 1. The number of hydrogen-bond acceptors (Lipinski definition) is 4. The summed E-state index contributed by atoms with van der Waals surface area (Å²) in [6.07, 6.45) is 5.89. The van der Waals surface area contributed by atoms with Gasteiger partial charge in [-0.15, -0.1) is 0 Å². The first kappa shape index (κ1) is 15.7. The van der Waals surface area contributed by atoms with Gasteiger partial charge >= 0.3 is 0 Å². The second kappa shape index (κ2) is 6.95. The third-order valence-corrected chi connectivity index (χ3v) is 4.16. The van der Waals surface area contributed by atoms with E-state index in [1.807, 2.05) is 17.2 Å². The van der Waals surface area contributed by atoms with E-state index in [2.05, 4.69) is 33.6 Å². The predicted molar refractivity (Wildman–Crippen MR) is 84.8 cm³/mol. The number of aromatic nitrogens is 4. The maximum absolute atomic E-state index is 12.7. The highest BCUT2D eigenvalue weighted by Crippen LogP contribution is 2.23. The van der Waals surface area contributed by atoms with Gasteiger partial charge in [-0.25, -0.2) is 4.98 Å². The topological polar surface area (TPSA) is 76.0 Å². The lowest BCUT2D eigenvalue weighted by atomic mass is 10.1. The molecule has 0 unspecified atom stereocenters. The number of nitrogens with zero attached hydrogens (tertiary/aromatic N) is 4. The Bertz CT molecular complexity index is 635. The van der Waals surface area contributed by atoms with E-state index < -0.39 is 0 Å². The summed E-state index contributed by atoms with van der Waals surface area (Å²) in [5.41, 5.74) is 0.920. The molecule has 1 fully saturated rings. The molecular weight excluding hydrogens is 294 g/mol. The Hall–Kier alpha value is -2.15. The fraction of sp³-hybridized carbons (Fsp3) is 0.562. The number of rotatable bonds is 5. The number of H-pyrrole nitrogens is 1. The lowest BCUT2D eigenvalue weighted by molar-refractivity contribution is -0.140. The van der Waals surface area contributed by atoms with Gasteiger partial charge in [-0.3, -0.25) is 9.89 Å². The van der Waals surface area contributed by atoms with Crippen molar-refractivity contribution in [2.75, 3.05) is 19.8 Å². The summed E-state index contributed by atoms with van der Waals surface area (Å²) in [5.74, 6) is 1.50. The highest BCUT2D eigenvalue weighted by molar-refractivity contribution is 5.76. The summed E-state index contributed by atoms with van der Waals surface area (Å²) in [7, 11) is 0. The van der Waals surface area contributed by atoms with E-state index in [1.165, 1.54) is 0 Å². The summed E-state index contributed by atoms with van der Waals surface area (Å²) in [5, 5.41) is 6.92. The summed E-state index contributed by atoms with van der Waals surface area (Å²) in [6, 6.07) is 1.82. The second-order valence-electron chi connectivity index (χ2n) is 6.07. The Labute approximate surface area is 135 Å². The monoisotopic (exact) mass is 317 g/mol. The van der Waals surface area contributed by atoms with E-state index >= 15 is 0 Å². The Morgan fingerprint density at radius 1 is 1.48 bits per heavy atom. The number of hydrogen-bond donors (Lipinski definition) is 1. The van der Waals surface area contributed by atoms with E-state index in [1.54, 1.807) is 12.4 Å². The van der Waals surface area contributed by atoms with Crippen LogP contribution in [0.4, 0.5) is 0 Å². The SMILES string of the molecule is CC(C)c1nccn1CCC(=O)N1CCOC[C@H]1c1ccn[nH]1. The zero-order valence-electron chi connectivity index (χ0n) is 13.6. The average Bonchev–Trinajstić information content (AvgIpc) is 3.23. The highest BCUT2D eigenvalue weighted by Gasteiger charge is 2.29. The summed E-state index contributed by atoms with van der Waals surface area (Å²) in [4.78, 5) is 18.9. The van der Waals surface area contributed by atoms with Gasteiger partial charge in [0.1, 0.15) is 5.82 Å². The van der Waals surface area contributed by atoms with Crippen molar-refractivity contribution in [3.63, 3.8) is 0 Å². The third kappa shape index (κ3) is 3.44. The molecule has 0 radical (unpaired) electrons. The fourth-order valence-electron chi connectivity index (χ4n) is 2.98. The molecule has 1 aliphatic heterocycles. The minimum absolute atomic E-state index is 0.0777. The predicted octanol–water partition coefficient (Wildman–Crippen LogP) is 1.72. The molecule has 1 saturated heterocycles. The van der Waals surface area contributed by atoms with Crippen LogP contribution in [0.1, 0.15) is 43.7 Å². The maximum atomic E-state index is 12.7. The van der Waals surface area contributed by atoms with E-state index in [9.17, 15) is 4.79 Å². The lowest BCUT2D eigenvalue weighted by Gasteiger charge is -2.35. The highest BCUT2D eigenvalue weighted by atomic mass is 16.5. The molecule has 2 aromatic rings. The molecule has 3 rings (SSSR count). The van der Waals surface area contributed by atoms with Crippen molar-refractivity contribution in [2.24, 2.45) is 0 Å². The molecule has 1 aliphatic rings. The zero-order valence-corrected chi connectivity index (χ0v) is 13.6. The van der Waals surface area contributed by atoms with Crippen LogP contribution in [0.5, 0.6) is 0 Å². The van der Waals surface area contributed by atoms with E-state index in [-0.39, 0.29) is 11.9 Å². The van der Waals surface area contributed by atoms with Gasteiger partial charge in [0.2, 0.25) is 5.91 Å². The minimum atomic E-state index is -0.0777. The summed E-state index contributed by atoms with van der Waals surface area (Å²) < 4.78 is 7.59. The first-order chi connectivity index (χ1) is 11.2. The van der Waals surface area contributed by atoms with Crippen molar-refractivity contribution in [3.8, 4) is 0 Å². The number of aryl methyl sites for hydroxylation is 1. The van der Waals surface area contributed by atoms with Gasteiger partial charge in [0, 0.05) is 44.0 Å². The van der Waals surface area contributed by atoms with Gasteiger partial charge < -0.3 is 14.2 Å². The maximum Gasteiger partial charge on any atom is 0.225 e. The normalized spacial score (nSPS) is 18.6. The van der Waals surface area contributed by atoms with Crippen molar-refractivity contribution in [1.82, 2.24) is 24.6 Å². The van der Waals surface area contributed by atoms with Crippen molar-refractivity contribution in [2.45, 2.75) is 38.8 Å². The Morgan fingerprint density at radius 3 is 3.09 bits per heavy atom. The van der Waals surface area contributed by atoms with E-state index in [0.717, 1.165) is 11.5 Å². The van der Waals surface area contributed by atoms with Crippen molar-refractivity contribution < 1.29 is 9.53 Å². The van der Waals surface area contributed by atoms with Crippen LogP contribution < -0.4 is 0 Å². The molecule has 1 amide bonds. The summed E-state index contributed by atoms with van der Waals surface area (Å²) in [6.45, 7) is 6.58. The zero-order chi connectivity index (χ0) is 16.2. The molecule has 3 heterocycles. The van der Waals surface area contributed by atoms with Gasteiger partial charge in [-0.05, 0) is 6.07 Å². The third-order valence-electron chi connectivity index (χ3n) is 4.16.